The summed E-state index contributed by atoms with van der Waals surface area (Å²) in [5, 5.41) is 7.76. The van der Waals surface area contributed by atoms with Gasteiger partial charge >= 0.3 is 0 Å². The summed E-state index contributed by atoms with van der Waals surface area (Å²) in [6, 6.07) is 21.0. The van der Waals surface area contributed by atoms with Gasteiger partial charge in [-0.15, -0.1) is 11.3 Å². The highest BCUT2D eigenvalue weighted by Crippen LogP contribution is 2.47. The summed E-state index contributed by atoms with van der Waals surface area (Å²) in [4.78, 5) is 25.2. The third-order valence-electron chi connectivity index (χ3n) is 4.98. The molecule has 0 unspecified atom stereocenters. The minimum Gasteiger partial charge on any atom is -0.351 e. The number of thiophene rings is 1. The highest BCUT2D eigenvalue weighted by atomic mass is 32.1. The highest BCUT2D eigenvalue weighted by molar-refractivity contribution is 7.12. The van der Waals surface area contributed by atoms with E-state index >= 15 is 0 Å². The van der Waals surface area contributed by atoms with E-state index in [1.165, 1.54) is 16.9 Å². The van der Waals surface area contributed by atoms with Crippen LogP contribution in [0, 0.1) is 0 Å². The maximum atomic E-state index is 12.5. The molecule has 1 aromatic heterocycles. The van der Waals surface area contributed by atoms with Crippen molar-refractivity contribution in [1.29, 1.82) is 0 Å². The molecule has 5 heteroatoms. The normalized spacial score (nSPS) is 14.4. The number of hydrogen-bond donors (Lipinski definition) is 2. The van der Waals surface area contributed by atoms with E-state index in [1.807, 2.05) is 29.6 Å². The van der Waals surface area contributed by atoms with Gasteiger partial charge in [0.2, 0.25) is 0 Å². The molecule has 4 rings (SSSR count). The van der Waals surface area contributed by atoms with E-state index in [2.05, 4.69) is 22.8 Å². The van der Waals surface area contributed by atoms with Gasteiger partial charge in [-0.3, -0.25) is 9.59 Å². The summed E-state index contributed by atoms with van der Waals surface area (Å²) in [5.41, 5.74) is 2.64. The fourth-order valence-electron chi connectivity index (χ4n) is 3.17. The van der Waals surface area contributed by atoms with E-state index in [9.17, 15) is 9.59 Å². The molecule has 1 saturated carbocycles. The number of carbonyl (C=O) groups excluding carboxylic acids is 2. The van der Waals surface area contributed by atoms with Gasteiger partial charge in [-0.2, -0.15) is 0 Å². The number of amides is 2. The van der Waals surface area contributed by atoms with Crippen molar-refractivity contribution in [3.8, 4) is 0 Å². The monoisotopic (exact) mass is 376 g/mol. The van der Waals surface area contributed by atoms with Gasteiger partial charge < -0.3 is 10.6 Å². The Labute approximate surface area is 162 Å². The van der Waals surface area contributed by atoms with Crippen LogP contribution in [0.15, 0.2) is 72.1 Å². The lowest BCUT2D eigenvalue weighted by molar-refractivity contribution is 0.0949. The third-order valence-corrected chi connectivity index (χ3v) is 5.85. The van der Waals surface area contributed by atoms with Crippen LogP contribution in [0.4, 0.5) is 5.69 Å². The largest absolute Gasteiger partial charge is 0.351 e. The van der Waals surface area contributed by atoms with Gasteiger partial charge in [0.25, 0.3) is 11.8 Å². The predicted octanol–water partition coefficient (Wildman–Crippen LogP) is 4.46. The third kappa shape index (κ3) is 3.93. The summed E-state index contributed by atoms with van der Waals surface area (Å²) >= 11 is 1.40. The molecule has 1 heterocycles. The molecule has 2 amide bonds. The lowest BCUT2D eigenvalue weighted by Crippen LogP contribution is -2.32. The van der Waals surface area contributed by atoms with Crippen LogP contribution in [0.2, 0.25) is 0 Å². The van der Waals surface area contributed by atoms with Crippen LogP contribution in [-0.2, 0) is 5.41 Å². The summed E-state index contributed by atoms with van der Waals surface area (Å²) in [6.45, 7) is 0.646. The Bertz CT molecular complexity index is 930. The van der Waals surface area contributed by atoms with Crippen LogP contribution in [0.25, 0.3) is 0 Å². The lowest BCUT2D eigenvalue weighted by Gasteiger charge is -2.16. The average Bonchev–Trinajstić information content (AvgIpc) is 3.30. The Morgan fingerprint density at radius 1 is 0.889 bits per heavy atom. The second-order valence-corrected chi connectivity index (χ2v) is 7.79. The molecule has 2 N–H and O–H groups in total. The highest BCUT2D eigenvalue weighted by Gasteiger charge is 2.44. The quantitative estimate of drug-likeness (QED) is 0.667. The van der Waals surface area contributed by atoms with Crippen molar-refractivity contribution < 1.29 is 9.59 Å². The molecule has 0 spiro atoms. The average molecular weight is 376 g/mol. The van der Waals surface area contributed by atoms with E-state index in [0.29, 0.717) is 22.7 Å². The molecule has 2 aromatic carbocycles. The number of hydrogen-bond acceptors (Lipinski definition) is 3. The Morgan fingerprint density at radius 2 is 1.63 bits per heavy atom. The first-order chi connectivity index (χ1) is 13.2. The first kappa shape index (κ1) is 17.5. The Balaban J connectivity index is 1.35. The van der Waals surface area contributed by atoms with Crippen LogP contribution < -0.4 is 10.6 Å². The number of anilines is 1. The second-order valence-electron chi connectivity index (χ2n) is 6.84. The van der Waals surface area contributed by atoms with Crippen molar-refractivity contribution in [1.82, 2.24) is 5.32 Å². The number of carbonyl (C=O) groups is 2. The topological polar surface area (TPSA) is 58.2 Å². The van der Waals surface area contributed by atoms with Crippen LogP contribution >= 0.6 is 11.3 Å². The minimum atomic E-state index is -0.138. The van der Waals surface area contributed by atoms with Crippen LogP contribution in [0.3, 0.4) is 0 Å². The molecule has 0 saturated heterocycles. The fraction of sp³-hybridized carbons (Fsp3) is 0.182. The summed E-state index contributed by atoms with van der Waals surface area (Å²) in [7, 11) is 0. The molecule has 1 aliphatic rings. The van der Waals surface area contributed by atoms with Crippen molar-refractivity contribution >= 4 is 28.8 Å². The molecule has 1 aliphatic carbocycles. The van der Waals surface area contributed by atoms with Crippen LogP contribution in [-0.4, -0.2) is 18.4 Å². The summed E-state index contributed by atoms with van der Waals surface area (Å²) in [6.07, 6.45) is 2.20. The molecule has 0 radical (unpaired) electrons. The Hall–Kier alpha value is -2.92. The van der Waals surface area contributed by atoms with Gasteiger partial charge in [0.05, 0.1) is 4.88 Å². The number of rotatable bonds is 6. The van der Waals surface area contributed by atoms with E-state index < -0.39 is 0 Å². The van der Waals surface area contributed by atoms with Gasteiger partial charge in [-0.05, 0) is 54.1 Å². The number of nitrogens with one attached hydrogen (secondary N) is 2. The number of benzene rings is 2. The van der Waals surface area contributed by atoms with Crippen molar-refractivity contribution in [2.24, 2.45) is 0 Å². The van der Waals surface area contributed by atoms with Crippen molar-refractivity contribution in [2.75, 3.05) is 11.9 Å². The van der Waals surface area contributed by atoms with E-state index in [0.717, 1.165) is 12.8 Å². The van der Waals surface area contributed by atoms with Crippen molar-refractivity contribution in [3.63, 3.8) is 0 Å². The molecule has 0 aliphatic heterocycles. The smallest absolute Gasteiger partial charge is 0.265 e. The van der Waals surface area contributed by atoms with E-state index in [-0.39, 0.29) is 17.2 Å². The summed E-state index contributed by atoms with van der Waals surface area (Å²) < 4.78 is 0. The second kappa shape index (κ2) is 7.37. The zero-order valence-electron chi connectivity index (χ0n) is 14.8. The molecule has 0 bridgehead atoms. The Morgan fingerprint density at radius 3 is 2.26 bits per heavy atom. The molecule has 3 aromatic rings. The Kier molecular flexibility index (Phi) is 4.77. The predicted molar refractivity (Wildman–Crippen MR) is 108 cm³/mol. The first-order valence-corrected chi connectivity index (χ1v) is 9.83. The van der Waals surface area contributed by atoms with Gasteiger partial charge in [0.1, 0.15) is 0 Å². The molecular formula is C22H20N2O2S. The zero-order chi connectivity index (χ0) is 18.7. The maximum Gasteiger partial charge on any atom is 0.265 e. The van der Waals surface area contributed by atoms with Gasteiger partial charge in [-0.25, -0.2) is 0 Å². The van der Waals surface area contributed by atoms with Crippen molar-refractivity contribution in [2.45, 2.75) is 18.3 Å². The zero-order valence-corrected chi connectivity index (χ0v) is 15.6. The molecule has 27 heavy (non-hydrogen) atoms. The molecule has 0 atom stereocenters. The summed E-state index contributed by atoms with van der Waals surface area (Å²) in [5.74, 6) is -0.228. The standard InChI is InChI=1S/C22H20N2O2S/c25-20(23-15-22(12-13-22)17-5-2-1-3-6-17)16-8-10-18(11-9-16)24-21(26)19-7-4-14-27-19/h1-11,14H,12-13,15H2,(H,23,25)(H,24,26). The SMILES string of the molecule is O=C(NCC1(c2ccccc2)CC1)c1ccc(NC(=O)c2cccs2)cc1. The van der Waals surface area contributed by atoms with E-state index in [1.54, 1.807) is 30.3 Å². The van der Waals surface area contributed by atoms with Crippen LogP contribution in [0.1, 0.15) is 38.4 Å². The van der Waals surface area contributed by atoms with Crippen molar-refractivity contribution in [3.05, 3.63) is 88.1 Å². The van der Waals surface area contributed by atoms with Crippen LogP contribution in [0.5, 0.6) is 0 Å². The molecule has 1 fully saturated rings. The van der Waals surface area contributed by atoms with Gasteiger partial charge in [0.15, 0.2) is 0 Å². The van der Waals surface area contributed by atoms with E-state index in [4.69, 9.17) is 0 Å². The maximum absolute atomic E-state index is 12.5. The lowest BCUT2D eigenvalue weighted by atomic mass is 9.96. The molecular weight excluding hydrogens is 356 g/mol. The van der Waals surface area contributed by atoms with Gasteiger partial charge in [0, 0.05) is 23.2 Å². The molecule has 136 valence electrons. The first-order valence-electron chi connectivity index (χ1n) is 8.95. The fourth-order valence-corrected chi connectivity index (χ4v) is 3.79. The minimum absolute atomic E-state index is 0.0888. The van der Waals surface area contributed by atoms with Gasteiger partial charge in [-0.1, -0.05) is 36.4 Å². The molecule has 4 nitrogen and oxygen atoms in total.